The fourth-order valence-electron chi connectivity index (χ4n) is 3.34. The van der Waals surface area contributed by atoms with Crippen molar-refractivity contribution in [3.63, 3.8) is 0 Å². The number of imide groups is 1. The van der Waals surface area contributed by atoms with E-state index < -0.39 is 5.41 Å². The van der Waals surface area contributed by atoms with Gasteiger partial charge in [-0.1, -0.05) is 12.8 Å². The summed E-state index contributed by atoms with van der Waals surface area (Å²) in [4.78, 5) is 38.0. The minimum atomic E-state index is -0.829. The van der Waals surface area contributed by atoms with Gasteiger partial charge in [-0.15, -0.1) is 0 Å². The van der Waals surface area contributed by atoms with Crippen LogP contribution in [0.15, 0.2) is 16.8 Å². The summed E-state index contributed by atoms with van der Waals surface area (Å²) in [5.41, 5.74) is 0.0274. The predicted octanol–water partition coefficient (Wildman–Crippen LogP) is 1.82. The quantitative estimate of drug-likeness (QED) is 0.861. The first-order chi connectivity index (χ1) is 10.5. The van der Waals surface area contributed by atoms with E-state index in [1.54, 1.807) is 6.92 Å². The Kier molecular flexibility index (Phi) is 4.04. The molecule has 1 aliphatic carbocycles. The monoisotopic (exact) mass is 320 g/mol. The molecule has 0 aromatic carbocycles. The molecule has 1 aromatic heterocycles. The second-order valence-electron chi connectivity index (χ2n) is 6.35. The average Bonchev–Trinajstić information content (AvgIpc) is 3.19. The minimum Gasteiger partial charge on any atom is -0.352 e. The molecule has 1 N–H and O–H groups in total. The molecule has 1 aliphatic heterocycles. The standard InChI is InChI=1S/C16H20N2O3S/c1-16(11-6-7-22-10-11)8-14(20)18(15(16)21)9-13(19)17-12-4-2-3-5-12/h6-7,10,12H,2-5,8-9H2,1H3,(H,17,19)/t16-/m1/s1. The van der Waals surface area contributed by atoms with Crippen molar-refractivity contribution >= 4 is 29.1 Å². The van der Waals surface area contributed by atoms with Crippen LogP contribution in [0.2, 0.25) is 0 Å². The molecule has 1 aromatic rings. The van der Waals surface area contributed by atoms with Crippen LogP contribution < -0.4 is 5.32 Å². The van der Waals surface area contributed by atoms with Crippen LogP contribution in [0.5, 0.6) is 0 Å². The van der Waals surface area contributed by atoms with Crippen LogP contribution in [0.3, 0.4) is 0 Å². The number of amides is 3. The summed E-state index contributed by atoms with van der Waals surface area (Å²) in [5, 5.41) is 6.72. The maximum atomic E-state index is 12.6. The van der Waals surface area contributed by atoms with Gasteiger partial charge in [0.25, 0.3) is 0 Å². The minimum absolute atomic E-state index is 0.138. The first kappa shape index (κ1) is 15.2. The van der Waals surface area contributed by atoms with E-state index in [4.69, 9.17) is 0 Å². The van der Waals surface area contributed by atoms with Gasteiger partial charge in [0, 0.05) is 12.5 Å². The molecule has 2 aliphatic rings. The van der Waals surface area contributed by atoms with Crippen LogP contribution in [0.25, 0.3) is 0 Å². The third-order valence-corrected chi connectivity index (χ3v) is 5.39. The van der Waals surface area contributed by atoms with Crippen LogP contribution in [-0.2, 0) is 19.8 Å². The molecule has 3 amide bonds. The van der Waals surface area contributed by atoms with E-state index in [2.05, 4.69) is 5.32 Å². The molecule has 5 nitrogen and oxygen atoms in total. The number of rotatable bonds is 4. The van der Waals surface area contributed by atoms with Crippen molar-refractivity contribution in [2.45, 2.75) is 50.5 Å². The fourth-order valence-corrected chi connectivity index (χ4v) is 4.12. The van der Waals surface area contributed by atoms with Gasteiger partial charge < -0.3 is 5.32 Å². The topological polar surface area (TPSA) is 66.5 Å². The third-order valence-electron chi connectivity index (χ3n) is 4.70. The number of hydrogen-bond acceptors (Lipinski definition) is 4. The van der Waals surface area contributed by atoms with E-state index in [1.165, 1.54) is 11.3 Å². The van der Waals surface area contributed by atoms with E-state index in [0.717, 1.165) is 36.1 Å². The highest BCUT2D eigenvalue weighted by Gasteiger charge is 2.49. The molecule has 0 spiro atoms. The SMILES string of the molecule is C[C@]1(c2ccsc2)CC(=O)N(CC(=O)NC2CCCC2)C1=O. The molecule has 118 valence electrons. The zero-order valence-corrected chi connectivity index (χ0v) is 13.4. The molecule has 2 heterocycles. The van der Waals surface area contributed by atoms with Crippen LogP contribution in [0.4, 0.5) is 0 Å². The van der Waals surface area contributed by atoms with Crippen LogP contribution >= 0.6 is 11.3 Å². The second-order valence-corrected chi connectivity index (χ2v) is 7.13. The van der Waals surface area contributed by atoms with Gasteiger partial charge >= 0.3 is 0 Å². The maximum Gasteiger partial charge on any atom is 0.240 e. The molecule has 22 heavy (non-hydrogen) atoms. The number of carbonyl (C=O) groups is 3. The number of carbonyl (C=O) groups excluding carboxylic acids is 3. The molecular formula is C16H20N2O3S. The van der Waals surface area contributed by atoms with Crippen LogP contribution in [-0.4, -0.2) is 35.2 Å². The zero-order valence-electron chi connectivity index (χ0n) is 12.6. The summed E-state index contributed by atoms with van der Waals surface area (Å²) in [5.74, 6) is -0.763. The first-order valence-corrected chi connectivity index (χ1v) is 8.62. The summed E-state index contributed by atoms with van der Waals surface area (Å²) in [6, 6.07) is 2.07. The van der Waals surface area contributed by atoms with Crippen LogP contribution in [0, 0.1) is 0 Å². The molecule has 1 saturated carbocycles. The van der Waals surface area contributed by atoms with Crippen molar-refractivity contribution in [3.05, 3.63) is 22.4 Å². The van der Waals surface area contributed by atoms with Crippen molar-refractivity contribution in [1.29, 1.82) is 0 Å². The zero-order chi connectivity index (χ0) is 15.7. The Hall–Kier alpha value is -1.69. The van der Waals surface area contributed by atoms with E-state index in [9.17, 15) is 14.4 Å². The smallest absolute Gasteiger partial charge is 0.240 e. The second kappa shape index (κ2) is 5.83. The van der Waals surface area contributed by atoms with Crippen molar-refractivity contribution in [1.82, 2.24) is 10.2 Å². The number of nitrogens with zero attached hydrogens (tertiary/aromatic N) is 1. The molecule has 0 bridgehead atoms. The molecule has 0 unspecified atom stereocenters. The van der Waals surface area contributed by atoms with Gasteiger partial charge in [-0.2, -0.15) is 11.3 Å². The Morgan fingerprint density at radius 2 is 2.14 bits per heavy atom. The Labute approximate surface area is 133 Å². The summed E-state index contributed by atoms with van der Waals surface area (Å²) in [7, 11) is 0. The van der Waals surface area contributed by atoms with Gasteiger partial charge in [-0.3, -0.25) is 19.3 Å². The summed E-state index contributed by atoms with van der Waals surface area (Å²) in [6.45, 7) is 1.62. The normalized spacial score (nSPS) is 26.0. The molecule has 6 heteroatoms. The Balaban J connectivity index is 1.68. The van der Waals surface area contributed by atoms with Gasteiger partial charge in [-0.05, 0) is 42.2 Å². The van der Waals surface area contributed by atoms with Crippen LogP contribution in [0.1, 0.15) is 44.6 Å². The first-order valence-electron chi connectivity index (χ1n) is 7.67. The molecule has 3 rings (SSSR count). The lowest BCUT2D eigenvalue weighted by molar-refractivity contribution is -0.143. The largest absolute Gasteiger partial charge is 0.352 e. The molecule has 2 fully saturated rings. The molecule has 1 saturated heterocycles. The fraction of sp³-hybridized carbons (Fsp3) is 0.562. The lowest BCUT2D eigenvalue weighted by Crippen LogP contribution is -2.45. The Morgan fingerprint density at radius 3 is 2.77 bits per heavy atom. The van der Waals surface area contributed by atoms with E-state index in [0.29, 0.717) is 0 Å². The summed E-state index contributed by atoms with van der Waals surface area (Å²) >= 11 is 1.50. The van der Waals surface area contributed by atoms with Gasteiger partial charge in [0.05, 0.1) is 5.41 Å². The van der Waals surface area contributed by atoms with Gasteiger partial charge in [0.2, 0.25) is 17.7 Å². The summed E-state index contributed by atoms with van der Waals surface area (Å²) in [6.07, 6.45) is 4.37. The lowest BCUT2D eigenvalue weighted by Gasteiger charge is -2.21. The van der Waals surface area contributed by atoms with Gasteiger partial charge in [-0.25, -0.2) is 0 Å². The highest BCUT2D eigenvalue weighted by atomic mass is 32.1. The van der Waals surface area contributed by atoms with Crippen molar-refractivity contribution in [2.75, 3.05) is 6.54 Å². The highest BCUT2D eigenvalue weighted by molar-refractivity contribution is 7.08. The molecule has 1 atom stereocenters. The molecular weight excluding hydrogens is 300 g/mol. The third kappa shape index (κ3) is 2.67. The summed E-state index contributed by atoms with van der Waals surface area (Å²) < 4.78 is 0. The van der Waals surface area contributed by atoms with E-state index in [-0.39, 0.29) is 36.7 Å². The Bertz CT molecular complexity index is 593. The Morgan fingerprint density at radius 1 is 1.41 bits per heavy atom. The van der Waals surface area contributed by atoms with E-state index in [1.807, 2.05) is 16.8 Å². The van der Waals surface area contributed by atoms with E-state index >= 15 is 0 Å². The number of thiophene rings is 1. The molecule has 0 radical (unpaired) electrons. The number of hydrogen-bond donors (Lipinski definition) is 1. The lowest BCUT2D eigenvalue weighted by atomic mass is 9.83. The predicted molar refractivity (Wildman–Crippen MR) is 83.4 cm³/mol. The van der Waals surface area contributed by atoms with Crippen molar-refractivity contribution < 1.29 is 14.4 Å². The van der Waals surface area contributed by atoms with Gasteiger partial charge in [0.15, 0.2) is 0 Å². The maximum absolute atomic E-state index is 12.6. The number of nitrogens with one attached hydrogen (secondary N) is 1. The highest BCUT2D eigenvalue weighted by Crippen LogP contribution is 2.37. The van der Waals surface area contributed by atoms with Crippen molar-refractivity contribution in [2.24, 2.45) is 0 Å². The van der Waals surface area contributed by atoms with Gasteiger partial charge in [0.1, 0.15) is 6.54 Å². The van der Waals surface area contributed by atoms with Crippen molar-refractivity contribution in [3.8, 4) is 0 Å². The number of likely N-dealkylation sites (tertiary alicyclic amines) is 1. The average molecular weight is 320 g/mol.